The number of nitrogens with zero attached hydrogens (tertiary/aromatic N) is 2. The molecule has 0 unspecified atom stereocenters. The molecule has 1 amide bonds. The van der Waals surface area contributed by atoms with Gasteiger partial charge in [0.15, 0.2) is 11.5 Å². The Kier molecular flexibility index (Phi) is 9.51. The van der Waals surface area contributed by atoms with Crippen LogP contribution in [0.1, 0.15) is 43.3 Å². The van der Waals surface area contributed by atoms with Crippen LogP contribution in [0.2, 0.25) is 0 Å². The van der Waals surface area contributed by atoms with E-state index in [0.717, 1.165) is 22.8 Å². The Hall–Kier alpha value is -4.87. The smallest absolute Gasteiger partial charge is 0.416 e. The van der Waals surface area contributed by atoms with Crippen LogP contribution in [0, 0.1) is 0 Å². The van der Waals surface area contributed by atoms with E-state index in [9.17, 15) is 18.0 Å². The lowest BCUT2D eigenvalue weighted by Crippen LogP contribution is -2.24. The van der Waals surface area contributed by atoms with E-state index in [1.165, 1.54) is 23.5 Å². The van der Waals surface area contributed by atoms with Gasteiger partial charge in [-0.05, 0) is 52.6 Å². The molecule has 0 spiro atoms. The molecule has 0 atom stereocenters. The highest BCUT2D eigenvalue weighted by molar-refractivity contribution is 7.09. The zero-order valence-electron chi connectivity index (χ0n) is 24.6. The molecule has 2 heterocycles. The number of amides is 1. The molecule has 0 saturated carbocycles. The second kappa shape index (κ2) is 14.1. The summed E-state index contributed by atoms with van der Waals surface area (Å²) in [4.78, 5) is 19.4. The third-order valence-corrected chi connectivity index (χ3v) is 8.11. The molecular formula is C35H30F3N3O4S. The summed E-state index contributed by atoms with van der Waals surface area (Å²) in [5.41, 5.74) is 2.98. The molecule has 11 heteroatoms. The van der Waals surface area contributed by atoms with Gasteiger partial charge in [0.05, 0.1) is 12.1 Å². The molecule has 46 heavy (non-hydrogen) atoms. The van der Waals surface area contributed by atoms with Crippen molar-refractivity contribution in [2.24, 2.45) is 0 Å². The van der Waals surface area contributed by atoms with Crippen LogP contribution in [0.25, 0.3) is 0 Å². The maximum absolute atomic E-state index is 13.4. The topological polar surface area (TPSA) is 72.9 Å². The summed E-state index contributed by atoms with van der Waals surface area (Å²) in [7, 11) is 0. The fourth-order valence-electron chi connectivity index (χ4n) is 4.96. The van der Waals surface area contributed by atoms with Gasteiger partial charge in [-0.3, -0.25) is 9.69 Å². The minimum atomic E-state index is -4.44. The van der Waals surface area contributed by atoms with Crippen LogP contribution in [0.4, 0.5) is 13.2 Å². The lowest BCUT2D eigenvalue weighted by molar-refractivity contribution is -0.137. The molecule has 6 rings (SSSR count). The van der Waals surface area contributed by atoms with Gasteiger partial charge in [-0.1, -0.05) is 66.7 Å². The van der Waals surface area contributed by atoms with Crippen LogP contribution in [-0.2, 0) is 39.0 Å². The fraction of sp³-hybridized carbons (Fsp3) is 0.200. The Morgan fingerprint density at radius 3 is 2.37 bits per heavy atom. The number of rotatable bonds is 12. The number of carbonyl (C=O) groups excluding carboxylic acids is 1. The van der Waals surface area contributed by atoms with Gasteiger partial charge in [0, 0.05) is 25.0 Å². The summed E-state index contributed by atoms with van der Waals surface area (Å²) in [5.74, 6) is 1.70. The van der Waals surface area contributed by atoms with Crippen molar-refractivity contribution in [2.45, 2.75) is 39.0 Å². The van der Waals surface area contributed by atoms with Gasteiger partial charge in [0.2, 0.25) is 6.79 Å². The fourth-order valence-corrected chi connectivity index (χ4v) is 5.78. The highest BCUT2D eigenvalue weighted by Gasteiger charge is 2.30. The van der Waals surface area contributed by atoms with E-state index in [4.69, 9.17) is 14.2 Å². The number of halogens is 3. The second-order valence-corrected chi connectivity index (χ2v) is 11.7. The number of alkyl halides is 3. The maximum atomic E-state index is 13.4. The predicted molar refractivity (Wildman–Crippen MR) is 167 cm³/mol. The lowest BCUT2D eigenvalue weighted by atomic mass is 10.1. The number of hydrogen-bond acceptors (Lipinski definition) is 7. The van der Waals surface area contributed by atoms with E-state index in [0.29, 0.717) is 47.5 Å². The largest absolute Gasteiger partial charge is 0.489 e. The number of hydrogen-bond donors (Lipinski definition) is 1. The molecule has 1 aliphatic rings. The van der Waals surface area contributed by atoms with Crippen molar-refractivity contribution in [3.63, 3.8) is 0 Å². The molecule has 0 radical (unpaired) electrons. The summed E-state index contributed by atoms with van der Waals surface area (Å²) >= 11 is 1.33. The van der Waals surface area contributed by atoms with Gasteiger partial charge in [0.1, 0.15) is 23.1 Å². The molecule has 1 N–H and O–H groups in total. The molecule has 236 valence electrons. The first-order valence-electron chi connectivity index (χ1n) is 14.5. The zero-order valence-corrected chi connectivity index (χ0v) is 25.4. The molecule has 4 aromatic carbocycles. The van der Waals surface area contributed by atoms with Crippen molar-refractivity contribution in [2.75, 3.05) is 6.79 Å². The van der Waals surface area contributed by atoms with Gasteiger partial charge in [0.25, 0.3) is 5.91 Å². The molecule has 0 aliphatic carbocycles. The SMILES string of the molecule is O=C(NCc1ccc2c(c1)OCO2)c1csc(CN(Cc2ccc(OCc3ccccc3)cc2)Cc2cccc(C(F)(F)F)c2)n1. The highest BCUT2D eigenvalue weighted by Crippen LogP contribution is 2.33. The molecule has 5 aromatic rings. The van der Waals surface area contributed by atoms with Gasteiger partial charge >= 0.3 is 6.18 Å². The first-order valence-corrected chi connectivity index (χ1v) is 15.4. The zero-order chi connectivity index (χ0) is 31.9. The molecule has 0 bridgehead atoms. The number of benzene rings is 4. The van der Waals surface area contributed by atoms with E-state index < -0.39 is 11.7 Å². The highest BCUT2D eigenvalue weighted by atomic mass is 32.1. The number of aromatic nitrogens is 1. The van der Waals surface area contributed by atoms with Crippen LogP contribution in [0.5, 0.6) is 17.2 Å². The average Bonchev–Trinajstić information content (AvgIpc) is 3.73. The third kappa shape index (κ3) is 8.23. The third-order valence-electron chi connectivity index (χ3n) is 7.27. The van der Waals surface area contributed by atoms with Crippen molar-refractivity contribution < 1.29 is 32.2 Å². The minimum Gasteiger partial charge on any atom is -0.489 e. The second-order valence-electron chi connectivity index (χ2n) is 10.8. The molecule has 0 fully saturated rings. The van der Waals surface area contributed by atoms with E-state index in [-0.39, 0.29) is 31.5 Å². The number of ether oxygens (including phenoxy) is 3. The molecule has 1 aromatic heterocycles. The quantitative estimate of drug-likeness (QED) is 0.151. The summed E-state index contributed by atoms with van der Waals surface area (Å²) in [6, 6.07) is 28.3. The standard InChI is InChI=1S/C35H30F3N3O4S/c36-35(37,38)28-8-4-7-27(15-28)19-41(18-24-9-12-29(13-10-24)43-21-25-5-2-1-3-6-25)20-33-40-30(22-46-33)34(42)39-17-26-11-14-31-32(16-26)45-23-44-31/h1-16,22H,17-21,23H2,(H,39,42). The Labute approximate surface area is 268 Å². The number of thiazole rings is 1. The van der Waals surface area contributed by atoms with Crippen molar-refractivity contribution in [3.05, 3.63) is 141 Å². The summed E-state index contributed by atoms with van der Waals surface area (Å²) < 4.78 is 56.9. The maximum Gasteiger partial charge on any atom is 0.416 e. The van der Waals surface area contributed by atoms with E-state index >= 15 is 0 Å². The van der Waals surface area contributed by atoms with Crippen molar-refractivity contribution in [1.82, 2.24) is 15.2 Å². The normalized spacial score (nSPS) is 12.3. The van der Waals surface area contributed by atoms with Crippen LogP contribution in [0.3, 0.4) is 0 Å². The van der Waals surface area contributed by atoms with Crippen LogP contribution in [0.15, 0.2) is 102 Å². The average molecular weight is 646 g/mol. The van der Waals surface area contributed by atoms with Gasteiger partial charge in [-0.15, -0.1) is 11.3 Å². The molecule has 0 saturated heterocycles. The summed E-state index contributed by atoms with van der Waals surface area (Å²) in [6.07, 6.45) is -4.44. The predicted octanol–water partition coefficient (Wildman–Crippen LogP) is 7.60. The summed E-state index contributed by atoms with van der Waals surface area (Å²) in [6.45, 7) is 1.93. The number of fused-ring (bicyclic) bond motifs is 1. The first kappa shape index (κ1) is 31.1. The molecule has 7 nitrogen and oxygen atoms in total. The van der Waals surface area contributed by atoms with Crippen molar-refractivity contribution >= 4 is 17.2 Å². The van der Waals surface area contributed by atoms with Crippen molar-refractivity contribution in [1.29, 1.82) is 0 Å². The Balaban J connectivity index is 1.12. The Bertz CT molecular complexity index is 1780. The van der Waals surface area contributed by atoms with Gasteiger partial charge < -0.3 is 19.5 Å². The minimum absolute atomic E-state index is 0.173. The Morgan fingerprint density at radius 1 is 0.826 bits per heavy atom. The van der Waals surface area contributed by atoms with Gasteiger partial charge in [-0.2, -0.15) is 13.2 Å². The van der Waals surface area contributed by atoms with E-state index in [2.05, 4.69) is 10.3 Å². The number of carbonyl (C=O) groups is 1. The van der Waals surface area contributed by atoms with Crippen LogP contribution < -0.4 is 19.5 Å². The first-order chi connectivity index (χ1) is 22.3. The van der Waals surface area contributed by atoms with Gasteiger partial charge in [-0.25, -0.2) is 4.98 Å². The number of nitrogens with one attached hydrogen (secondary N) is 1. The lowest BCUT2D eigenvalue weighted by Gasteiger charge is -2.22. The monoisotopic (exact) mass is 645 g/mol. The Morgan fingerprint density at radius 2 is 1.57 bits per heavy atom. The summed E-state index contributed by atoms with van der Waals surface area (Å²) in [5, 5.41) is 5.23. The van der Waals surface area contributed by atoms with E-state index in [1.54, 1.807) is 17.5 Å². The van der Waals surface area contributed by atoms with E-state index in [1.807, 2.05) is 71.6 Å². The van der Waals surface area contributed by atoms with Crippen molar-refractivity contribution in [3.8, 4) is 17.2 Å². The molecule has 1 aliphatic heterocycles. The molecular weight excluding hydrogens is 615 g/mol. The van der Waals surface area contributed by atoms with Crippen LogP contribution >= 0.6 is 11.3 Å². The van der Waals surface area contributed by atoms with Crippen LogP contribution in [-0.4, -0.2) is 22.6 Å².